The lowest BCUT2D eigenvalue weighted by Crippen LogP contribution is -2.44. The Labute approximate surface area is 105 Å². The van der Waals surface area contributed by atoms with E-state index >= 15 is 0 Å². The van der Waals surface area contributed by atoms with Crippen LogP contribution in [0.2, 0.25) is 0 Å². The molecule has 18 heavy (non-hydrogen) atoms. The quantitative estimate of drug-likeness (QED) is 0.617. The molecule has 1 amide bonds. The van der Waals surface area contributed by atoms with Crippen LogP contribution in [0.25, 0.3) is 0 Å². The molecule has 1 aromatic carbocycles. The second kappa shape index (κ2) is 4.38. The molecule has 0 aromatic heterocycles. The summed E-state index contributed by atoms with van der Waals surface area (Å²) in [4.78, 5) is 21.8. The molecule has 96 valence electrons. The van der Waals surface area contributed by atoms with Crippen molar-refractivity contribution >= 4 is 11.6 Å². The summed E-state index contributed by atoms with van der Waals surface area (Å²) in [5.41, 5.74) is 0.552. The highest BCUT2D eigenvalue weighted by molar-refractivity contribution is 5.85. The van der Waals surface area contributed by atoms with Crippen molar-refractivity contribution in [3.8, 4) is 0 Å². The van der Waals surface area contributed by atoms with E-state index < -0.39 is 10.6 Å². The highest BCUT2D eigenvalue weighted by Crippen LogP contribution is 2.16. The monoisotopic (exact) mass is 249 g/mol. The van der Waals surface area contributed by atoms with Gasteiger partial charge in [0, 0.05) is 12.1 Å². The van der Waals surface area contributed by atoms with Crippen LogP contribution in [0.3, 0.4) is 0 Å². The smallest absolute Gasteiger partial charge is 0.269 e. The number of rotatable bonds is 3. The predicted octanol–water partition coefficient (Wildman–Crippen LogP) is 0.961. The van der Waals surface area contributed by atoms with Crippen molar-refractivity contribution in [3.63, 3.8) is 0 Å². The molecule has 0 bridgehead atoms. The first-order chi connectivity index (χ1) is 8.37. The highest BCUT2D eigenvalue weighted by Gasteiger charge is 2.36. The fraction of sp³-hybridized carbons (Fsp3) is 0.417. The molecule has 0 radical (unpaired) electrons. The van der Waals surface area contributed by atoms with E-state index in [0.29, 0.717) is 6.42 Å². The molecule has 1 aliphatic rings. The van der Waals surface area contributed by atoms with Crippen molar-refractivity contribution < 1.29 is 9.72 Å². The fourth-order valence-corrected chi connectivity index (χ4v) is 2.07. The molecule has 1 heterocycles. The van der Waals surface area contributed by atoms with Crippen LogP contribution >= 0.6 is 0 Å². The molecule has 1 aromatic rings. The minimum absolute atomic E-state index is 0.0432. The number of benzene rings is 1. The molecule has 1 saturated heterocycles. The minimum Gasteiger partial charge on any atom is -0.337 e. The fourth-order valence-electron chi connectivity index (χ4n) is 2.07. The molecule has 2 N–H and O–H groups in total. The number of amides is 1. The van der Waals surface area contributed by atoms with Gasteiger partial charge in [0.25, 0.3) is 5.69 Å². The van der Waals surface area contributed by atoms with Gasteiger partial charge in [-0.2, -0.15) is 0 Å². The SMILES string of the molecule is CC1(C)NC(=O)[C@H](Cc2ccc([N+](=O)[O-])cc2)N1. The van der Waals surface area contributed by atoms with Gasteiger partial charge in [0.05, 0.1) is 16.6 Å². The van der Waals surface area contributed by atoms with Crippen molar-refractivity contribution in [2.24, 2.45) is 0 Å². The van der Waals surface area contributed by atoms with Crippen LogP contribution < -0.4 is 10.6 Å². The zero-order valence-corrected chi connectivity index (χ0v) is 10.3. The molecule has 0 saturated carbocycles. The lowest BCUT2D eigenvalue weighted by atomic mass is 10.1. The van der Waals surface area contributed by atoms with Crippen LogP contribution in [-0.2, 0) is 11.2 Å². The van der Waals surface area contributed by atoms with Gasteiger partial charge in [-0.1, -0.05) is 12.1 Å². The lowest BCUT2D eigenvalue weighted by molar-refractivity contribution is -0.384. The molecule has 0 unspecified atom stereocenters. The van der Waals surface area contributed by atoms with Crippen molar-refractivity contribution in [1.82, 2.24) is 10.6 Å². The summed E-state index contributed by atoms with van der Waals surface area (Å²) < 4.78 is 0. The predicted molar refractivity (Wildman–Crippen MR) is 65.9 cm³/mol. The molecule has 0 spiro atoms. The van der Waals surface area contributed by atoms with Crippen molar-refractivity contribution in [2.75, 3.05) is 0 Å². The number of carbonyl (C=O) groups is 1. The van der Waals surface area contributed by atoms with Crippen LogP contribution in [0.5, 0.6) is 0 Å². The Morgan fingerprint density at radius 3 is 2.39 bits per heavy atom. The Morgan fingerprint density at radius 2 is 1.94 bits per heavy atom. The second-order valence-electron chi connectivity index (χ2n) is 4.94. The second-order valence-corrected chi connectivity index (χ2v) is 4.94. The Morgan fingerprint density at radius 1 is 1.33 bits per heavy atom. The number of hydrogen-bond donors (Lipinski definition) is 2. The van der Waals surface area contributed by atoms with Gasteiger partial charge in [0.1, 0.15) is 0 Å². The van der Waals surface area contributed by atoms with Gasteiger partial charge < -0.3 is 5.32 Å². The molecular weight excluding hydrogens is 234 g/mol. The maximum absolute atomic E-state index is 11.7. The van der Waals surface area contributed by atoms with E-state index in [1.54, 1.807) is 12.1 Å². The van der Waals surface area contributed by atoms with Gasteiger partial charge >= 0.3 is 0 Å². The largest absolute Gasteiger partial charge is 0.337 e. The summed E-state index contributed by atoms with van der Waals surface area (Å²) >= 11 is 0. The Kier molecular flexibility index (Phi) is 3.04. The Balaban J connectivity index is 2.06. The number of nitro groups is 1. The van der Waals surface area contributed by atoms with Crippen LogP contribution in [-0.4, -0.2) is 22.5 Å². The number of non-ortho nitro benzene ring substituents is 1. The summed E-state index contributed by atoms with van der Waals surface area (Å²) in [7, 11) is 0. The topological polar surface area (TPSA) is 84.3 Å². The molecule has 0 aliphatic carbocycles. The summed E-state index contributed by atoms with van der Waals surface area (Å²) in [5, 5.41) is 16.5. The van der Waals surface area contributed by atoms with Crippen LogP contribution in [0, 0.1) is 10.1 Å². The first kappa shape index (κ1) is 12.5. The van der Waals surface area contributed by atoms with Gasteiger partial charge in [-0.25, -0.2) is 0 Å². The van der Waals surface area contributed by atoms with Gasteiger partial charge in [0.15, 0.2) is 0 Å². The summed E-state index contributed by atoms with van der Waals surface area (Å²) in [6.07, 6.45) is 0.521. The minimum atomic E-state index is -0.437. The van der Waals surface area contributed by atoms with E-state index in [-0.39, 0.29) is 17.6 Å². The first-order valence-electron chi connectivity index (χ1n) is 5.70. The third-order valence-corrected chi connectivity index (χ3v) is 2.87. The van der Waals surface area contributed by atoms with Crippen LogP contribution in [0.15, 0.2) is 24.3 Å². The maximum Gasteiger partial charge on any atom is 0.269 e. The number of nitrogens with zero attached hydrogens (tertiary/aromatic N) is 1. The van der Waals surface area contributed by atoms with E-state index in [4.69, 9.17) is 0 Å². The Hall–Kier alpha value is -1.95. The van der Waals surface area contributed by atoms with Gasteiger partial charge in [-0.15, -0.1) is 0 Å². The zero-order valence-electron chi connectivity index (χ0n) is 10.3. The normalized spacial score (nSPS) is 21.7. The average molecular weight is 249 g/mol. The van der Waals surface area contributed by atoms with Gasteiger partial charge in [0.2, 0.25) is 5.91 Å². The van der Waals surface area contributed by atoms with Crippen LogP contribution in [0.1, 0.15) is 19.4 Å². The molecule has 6 heteroatoms. The first-order valence-corrected chi connectivity index (χ1v) is 5.70. The zero-order chi connectivity index (χ0) is 13.3. The van der Waals surface area contributed by atoms with Gasteiger partial charge in [-0.05, 0) is 25.8 Å². The van der Waals surface area contributed by atoms with E-state index in [9.17, 15) is 14.9 Å². The molecule has 1 atom stereocenters. The molecule has 6 nitrogen and oxygen atoms in total. The lowest BCUT2D eigenvalue weighted by Gasteiger charge is -2.18. The summed E-state index contributed by atoms with van der Waals surface area (Å²) in [5.74, 6) is -0.0432. The van der Waals surface area contributed by atoms with Crippen molar-refractivity contribution in [2.45, 2.75) is 32.0 Å². The summed E-state index contributed by atoms with van der Waals surface area (Å²) in [6, 6.07) is 5.97. The van der Waals surface area contributed by atoms with Crippen molar-refractivity contribution in [1.29, 1.82) is 0 Å². The number of nitro benzene ring substituents is 1. The molecule has 1 aliphatic heterocycles. The summed E-state index contributed by atoms with van der Waals surface area (Å²) in [6.45, 7) is 3.78. The average Bonchev–Trinajstić information content (AvgIpc) is 2.52. The third-order valence-electron chi connectivity index (χ3n) is 2.87. The highest BCUT2D eigenvalue weighted by atomic mass is 16.6. The van der Waals surface area contributed by atoms with Crippen LogP contribution in [0.4, 0.5) is 5.69 Å². The number of nitrogens with one attached hydrogen (secondary N) is 2. The standard InChI is InChI=1S/C12H15N3O3/c1-12(2)13-10(11(16)14-12)7-8-3-5-9(6-4-8)15(17)18/h3-6,10,13H,7H2,1-2H3,(H,14,16)/t10-/m0/s1. The Bertz CT molecular complexity index is 482. The molecule has 2 rings (SSSR count). The number of carbonyl (C=O) groups excluding carboxylic acids is 1. The van der Waals surface area contributed by atoms with Crippen molar-refractivity contribution in [3.05, 3.63) is 39.9 Å². The molecular formula is C12H15N3O3. The number of hydrogen-bond acceptors (Lipinski definition) is 4. The molecule has 1 fully saturated rings. The third kappa shape index (κ3) is 2.65. The maximum atomic E-state index is 11.7. The van der Waals surface area contributed by atoms with E-state index in [0.717, 1.165) is 5.56 Å². The van der Waals surface area contributed by atoms with Gasteiger partial charge in [-0.3, -0.25) is 20.2 Å². The van der Waals surface area contributed by atoms with E-state index in [2.05, 4.69) is 10.6 Å². The van der Waals surface area contributed by atoms with E-state index in [1.165, 1.54) is 12.1 Å². The van der Waals surface area contributed by atoms with E-state index in [1.807, 2.05) is 13.8 Å².